The molecule has 0 bridgehead atoms. The topological polar surface area (TPSA) is 99.9 Å². The van der Waals surface area contributed by atoms with Crippen LogP contribution in [-0.4, -0.2) is 36.0 Å². The Kier molecular flexibility index (Phi) is 6.07. The molecule has 0 saturated carbocycles. The first-order valence-corrected chi connectivity index (χ1v) is 11.0. The largest absolute Gasteiger partial charge is 0.392 e. The SMILES string of the molecule is O=C(Cn1nnc2ccc(CO)cc21)N(Cc1cccc(Cl)c1)c1ccc(-c2cnc[nH]2)cc1. The van der Waals surface area contributed by atoms with E-state index in [0.717, 1.165) is 28.1 Å². The Morgan fingerprint density at radius 3 is 2.65 bits per heavy atom. The Morgan fingerprint density at radius 1 is 1.06 bits per heavy atom. The number of aromatic amines is 1. The van der Waals surface area contributed by atoms with Gasteiger partial charge in [0, 0.05) is 10.7 Å². The second-order valence-corrected chi connectivity index (χ2v) is 8.29. The number of hydrogen-bond acceptors (Lipinski definition) is 5. The van der Waals surface area contributed by atoms with Crippen LogP contribution in [-0.2, 0) is 24.5 Å². The first-order valence-electron chi connectivity index (χ1n) is 10.7. The smallest absolute Gasteiger partial charge is 0.249 e. The van der Waals surface area contributed by atoms with Crippen LogP contribution in [0, 0.1) is 0 Å². The van der Waals surface area contributed by atoms with Crippen LogP contribution in [0.15, 0.2) is 79.3 Å². The fourth-order valence-electron chi connectivity index (χ4n) is 3.82. The molecule has 34 heavy (non-hydrogen) atoms. The van der Waals surface area contributed by atoms with Gasteiger partial charge in [0.25, 0.3) is 0 Å². The molecule has 5 rings (SSSR count). The Morgan fingerprint density at radius 2 is 1.91 bits per heavy atom. The number of rotatable bonds is 7. The number of anilines is 1. The van der Waals surface area contributed by atoms with E-state index in [2.05, 4.69) is 20.3 Å². The van der Waals surface area contributed by atoms with E-state index in [1.165, 1.54) is 0 Å². The number of nitrogens with zero attached hydrogens (tertiary/aromatic N) is 5. The van der Waals surface area contributed by atoms with Gasteiger partial charge in [0.1, 0.15) is 12.1 Å². The molecule has 0 aliphatic rings. The van der Waals surface area contributed by atoms with Crippen LogP contribution in [0.25, 0.3) is 22.3 Å². The first kappa shape index (κ1) is 21.8. The van der Waals surface area contributed by atoms with Crippen LogP contribution in [0.3, 0.4) is 0 Å². The van der Waals surface area contributed by atoms with Crippen molar-refractivity contribution < 1.29 is 9.90 Å². The zero-order valence-electron chi connectivity index (χ0n) is 18.1. The fourth-order valence-corrected chi connectivity index (χ4v) is 4.03. The first-order chi connectivity index (χ1) is 16.6. The van der Waals surface area contributed by atoms with Crippen molar-refractivity contribution in [1.82, 2.24) is 25.0 Å². The molecule has 5 aromatic rings. The molecular weight excluding hydrogens is 452 g/mol. The number of imidazole rings is 1. The summed E-state index contributed by atoms with van der Waals surface area (Å²) in [7, 11) is 0. The molecule has 0 unspecified atom stereocenters. The number of amides is 1. The highest BCUT2D eigenvalue weighted by molar-refractivity contribution is 6.30. The van der Waals surface area contributed by atoms with E-state index in [1.807, 2.05) is 42.5 Å². The quantitative estimate of drug-likeness (QED) is 0.370. The summed E-state index contributed by atoms with van der Waals surface area (Å²) in [6.45, 7) is 0.240. The number of hydrogen-bond donors (Lipinski definition) is 2. The van der Waals surface area contributed by atoms with Gasteiger partial charge in [0.15, 0.2) is 0 Å². The maximum atomic E-state index is 13.6. The van der Waals surface area contributed by atoms with Crippen LogP contribution < -0.4 is 4.90 Å². The highest BCUT2D eigenvalue weighted by atomic mass is 35.5. The second kappa shape index (κ2) is 9.46. The van der Waals surface area contributed by atoms with E-state index in [0.29, 0.717) is 22.6 Å². The van der Waals surface area contributed by atoms with E-state index < -0.39 is 0 Å². The molecule has 3 aromatic carbocycles. The number of benzene rings is 3. The van der Waals surface area contributed by atoms with Crippen LogP contribution in [0.1, 0.15) is 11.1 Å². The van der Waals surface area contributed by atoms with E-state index in [9.17, 15) is 9.90 Å². The van der Waals surface area contributed by atoms with Crippen molar-refractivity contribution in [2.45, 2.75) is 19.7 Å². The van der Waals surface area contributed by atoms with E-state index in [4.69, 9.17) is 11.6 Å². The third-order valence-corrected chi connectivity index (χ3v) is 5.80. The predicted octanol–water partition coefficient (Wildman–Crippen LogP) is 4.20. The van der Waals surface area contributed by atoms with Gasteiger partial charge >= 0.3 is 0 Å². The highest BCUT2D eigenvalue weighted by Crippen LogP contribution is 2.24. The molecule has 0 saturated heterocycles. The van der Waals surface area contributed by atoms with Crippen molar-refractivity contribution in [3.8, 4) is 11.3 Å². The molecule has 2 heterocycles. The van der Waals surface area contributed by atoms with Gasteiger partial charge in [-0.3, -0.25) is 4.79 Å². The standard InChI is InChI=1S/C25H21ClN6O2/c26-20-3-1-2-17(10-20)13-31(21-7-5-19(6-8-21)23-12-27-16-28-23)25(34)14-32-24-11-18(15-33)4-9-22(24)29-30-32/h1-12,16,33H,13-15H2,(H,27,28). The zero-order chi connectivity index (χ0) is 23.5. The number of H-pyrrole nitrogens is 1. The summed E-state index contributed by atoms with van der Waals surface area (Å²) < 4.78 is 1.56. The predicted molar refractivity (Wildman–Crippen MR) is 130 cm³/mol. The summed E-state index contributed by atoms with van der Waals surface area (Å²) in [5.74, 6) is -0.157. The van der Waals surface area contributed by atoms with Crippen molar-refractivity contribution in [3.63, 3.8) is 0 Å². The van der Waals surface area contributed by atoms with Crippen molar-refractivity contribution in [2.75, 3.05) is 4.90 Å². The lowest BCUT2D eigenvalue weighted by molar-refractivity contribution is -0.119. The summed E-state index contributed by atoms with van der Waals surface area (Å²) in [6, 6.07) is 20.5. The van der Waals surface area contributed by atoms with Crippen molar-refractivity contribution in [1.29, 1.82) is 0 Å². The van der Waals surface area contributed by atoms with Gasteiger partial charge in [-0.2, -0.15) is 0 Å². The van der Waals surface area contributed by atoms with Gasteiger partial charge < -0.3 is 15.0 Å². The summed E-state index contributed by atoms with van der Waals surface area (Å²) in [6.07, 6.45) is 3.38. The summed E-state index contributed by atoms with van der Waals surface area (Å²) in [5.41, 5.74) is 5.60. The molecule has 0 atom stereocenters. The molecule has 2 N–H and O–H groups in total. The molecule has 1 amide bonds. The fraction of sp³-hybridized carbons (Fsp3) is 0.120. The average Bonchev–Trinajstić information content (AvgIpc) is 3.53. The number of aliphatic hydroxyl groups is 1. The molecule has 2 aromatic heterocycles. The number of aliphatic hydroxyl groups excluding tert-OH is 1. The summed E-state index contributed by atoms with van der Waals surface area (Å²) >= 11 is 6.19. The number of carbonyl (C=O) groups is 1. The molecular formula is C25H21ClN6O2. The van der Waals surface area contributed by atoms with E-state index >= 15 is 0 Å². The van der Waals surface area contributed by atoms with Crippen LogP contribution in [0.2, 0.25) is 5.02 Å². The Labute approximate surface area is 200 Å². The summed E-state index contributed by atoms with van der Waals surface area (Å²) in [4.78, 5) is 22.4. The average molecular weight is 473 g/mol. The lowest BCUT2D eigenvalue weighted by Gasteiger charge is -2.23. The van der Waals surface area contributed by atoms with Crippen molar-refractivity contribution in [2.24, 2.45) is 0 Å². The Hall–Kier alpha value is -4.01. The number of nitrogens with one attached hydrogen (secondary N) is 1. The van der Waals surface area contributed by atoms with Crippen LogP contribution in [0.5, 0.6) is 0 Å². The van der Waals surface area contributed by atoms with Crippen LogP contribution in [0.4, 0.5) is 5.69 Å². The Balaban J connectivity index is 1.47. The third kappa shape index (κ3) is 4.54. The number of fused-ring (bicyclic) bond motifs is 1. The van der Waals surface area contributed by atoms with Crippen molar-refractivity contribution >= 4 is 34.2 Å². The number of carbonyl (C=O) groups excluding carboxylic acids is 1. The molecule has 0 radical (unpaired) electrons. The minimum Gasteiger partial charge on any atom is -0.392 e. The molecule has 0 aliphatic carbocycles. The summed E-state index contributed by atoms with van der Waals surface area (Å²) in [5, 5.41) is 18.4. The maximum Gasteiger partial charge on any atom is 0.249 e. The van der Waals surface area contributed by atoms with E-state index in [1.54, 1.807) is 46.4 Å². The molecule has 170 valence electrons. The van der Waals surface area contributed by atoms with Gasteiger partial charge in [-0.1, -0.05) is 47.1 Å². The molecule has 9 heteroatoms. The van der Waals surface area contributed by atoms with Crippen LogP contribution >= 0.6 is 11.6 Å². The normalized spacial score (nSPS) is 11.1. The molecule has 0 fully saturated rings. The number of halogens is 1. The lowest BCUT2D eigenvalue weighted by atomic mass is 10.1. The van der Waals surface area contributed by atoms with Gasteiger partial charge in [-0.25, -0.2) is 9.67 Å². The van der Waals surface area contributed by atoms with E-state index in [-0.39, 0.29) is 19.1 Å². The maximum absolute atomic E-state index is 13.6. The zero-order valence-corrected chi connectivity index (χ0v) is 18.9. The third-order valence-electron chi connectivity index (χ3n) is 5.56. The minimum absolute atomic E-state index is 0.00571. The molecule has 0 spiro atoms. The van der Waals surface area contributed by atoms with Crippen molar-refractivity contribution in [3.05, 3.63) is 95.4 Å². The van der Waals surface area contributed by atoms with Gasteiger partial charge in [-0.05, 0) is 53.1 Å². The number of aromatic nitrogens is 5. The van der Waals surface area contributed by atoms with Gasteiger partial charge in [0.05, 0.1) is 36.9 Å². The Bertz CT molecular complexity index is 1430. The van der Waals surface area contributed by atoms with Gasteiger partial charge in [0.2, 0.25) is 5.91 Å². The molecule has 8 nitrogen and oxygen atoms in total. The second-order valence-electron chi connectivity index (χ2n) is 7.85. The molecule has 0 aliphatic heterocycles. The highest BCUT2D eigenvalue weighted by Gasteiger charge is 2.19. The lowest BCUT2D eigenvalue weighted by Crippen LogP contribution is -2.33. The monoisotopic (exact) mass is 472 g/mol. The van der Waals surface area contributed by atoms with Gasteiger partial charge in [-0.15, -0.1) is 5.10 Å². The minimum atomic E-state index is -0.157.